The second-order valence-electron chi connectivity index (χ2n) is 3.66. The molecular formula is C11H13N3O2S. The summed E-state index contributed by atoms with van der Waals surface area (Å²) in [4.78, 5) is 12.7. The van der Waals surface area contributed by atoms with E-state index >= 15 is 0 Å². The number of thiophene rings is 1. The van der Waals surface area contributed by atoms with Crippen LogP contribution in [0.25, 0.3) is 0 Å². The number of carbonyl (C=O) groups is 1. The summed E-state index contributed by atoms with van der Waals surface area (Å²) in [5.74, 6) is 1.07. The van der Waals surface area contributed by atoms with Gasteiger partial charge in [0.15, 0.2) is 5.82 Å². The maximum atomic E-state index is 11.6. The largest absolute Gasteiger partial charge is 0.360 e. The monoisotopic (exact) mass is 251 g/mol. The van der Waals surface area contributed by atoms with E-state index in [0.29, 0.717) is 11.6 Å². The minimum atomic E-state index is -0.292. The van der Waals surface area contributed by atoms with Crippen molar-refractivity contribution in [3.05, 3.63) is 34.2 Å². The van der Waals surface area contributed by atoms with Crippen LogP contribution in [0.4, 0.5) is 10.6 Å². The van der Waals surface area contributed by atoms with E-state index in [2.05, 4.69) is 15.8 Å². The van der Waals surface area contributed by atoms with Crippen LogP contribution in [0.2, 0.25) is 0 Å². The van der Waals surface area contributed by atoms with Crippen LogP contribution in [0.15, 0.2) is 28.1 Å². The Labute approximate surface area is 103 Å². The Morgan fingerprint density at radius 2 is 2.41 bits per heavy atom. The van der Waals surface area contributed by atoms with Crippen LogP contribution in [0, 0.1) is 6.92 Å². The van der Waals surface area contributed by atoms with Gasteiger partial charge in [0.05, 0.1) is 6.04 Å². The standard InChI is InChI=1S/C11H13N3O2S/c1-7-6-10(14-16-7)13-11(15)12-8(2)9-4-3-5-17-9/h3-6,8H,1-2H3,(H2,12,13,14,15)/t8-/m1/s1. The van der Waals surface area contributed by atoms with Gasteiger partial charge in [-0.05, 0) is 25.3 Å². The molecule has 0 radical (unpaired) electrons. The smallest absolute Gasteiger partial charge is 0.320 e. The Bertz CT molecular complexity index is 493. The summed E-state index contributed by atoms with van der Waals surface area (Å²) in [5.41, 5.74) is 0. The molecule has 2 N–H and O–H groups in total. The zero-order valence-corrected chi connectivity index (χ0v) is 10.4. The van der Waals surface area contributed by atoms with Crippen LogP contribution in [0.3, 0.4) is 0 Å². The topological polar surface area (TPSA) is 67.2 Å². The zero-order chi connectivity index (χ0) is 12.3. The van der Waals surface area contributed by atoms with Crippen LogP contribution in [-0.4, -0.2) is 11.2 Å². The first-order chi connectivity index (χ1) is 8.15. The summed E-state index contributed by atoms with van der Waals surface area (Å²) < 4.78 is 4.85. The van der Waals surface area contributed by atoms with Crippen LogP contribution in [0.5, 0.6) is 0 Å². The number of nitrogens with one attached hydrogen (secondary N) is 2. The summed E-state index contributed by atoms with van der Waals surface area (Å²) >= 11 is 1.61. The van der Waals surface area contributed by atoms with Gasteiger partial charge in [-0.2, -0.15) is 0 Å². The highest BCUT2D eigenvalue weighted by molar-refractivity contribution is 7.10. The molecule has 0 fully saturated rings. The fourth-order valence-electron chi connectivity index (χ4n) is 1.38. The predicted molar refractivity (Wildman–Crippen MR) is 66.1 cm³/mol. The molecule has 0 saturated carbocycles. The first kappa shape index (κ1) is 11.7. The van der Waals surface area contributed by atoms with Gasteiger partial charge in [-0.15, -0.1) is 11.3 Å². The lowest BCUT2D eigenvalue weighted by Crippen LogP contribution is -2.30. The normalized spacial score (nSPS) is 12.1. The van der Waals surface area contributed by atoms with Gasteiger partial charge in [-0.1, -0.05) is 11.2 Å². The number of urea groups is 1. The van der Waals surface area contributed by atoms with Gasteiger partial charge in [0.1, 0.15) is 5.76 Å². The number of carbonyl (C=O) groups excluding carboxylic acids is 1. The Morgan fingerprint density at radius 1 is 1.59 bits per heavy atom. The van der Waals surface area contributed by atoms with Crippen molar-refractivity contribution in [1.29, 1.82) is 0 Å². The maximum Gasteiger partial charge on any atom is 0.320 e. The molecule has 2 rings (SSSR count). The number of hydrogen-bond acceptors (Lipinski definition) is 4. The highest BCUT2D eigenvalue weighted by Gasteiger charge is 2.11. The van der Waals surface area contributed by atoms with Crippen molar-refractivity contribution < 1.29 is 9.32 Å². The molecule has 0 aliphatic carbocycles. The highest BCUT2D eigenvalue weighted by Crippen LogP contribution is 2.18. The van der Waals surface area contributed by atoms with E-state index in [1.54, 1.807) is 24.3 Å². The van der Waals surface area contributed by atoms with Gasteiger partial charge in [-0.25, -0.2) is 4.79 Å². The molecule has 0 bridgehead atoms. The molecule has 5 nitrogen and oxygen atoms in total. The number of aryl methyl sites for hydroxylation is 1. The van der Waals surface area contributed by atoms with E-state index in [1.165, 1.54) is 0 Å². The molecule has 2 heterocycles. The predicted octanol–water partition coefficient (Wildman–Crippen LogP) is 2.93. The number of aromatic nitrogens is 1. The third kappa shape index (κ3) is 3.07. The fourth-order valence-corrected chi connectivity index (χ4v) is 2.12. The number of amides is 2. The van der Waals surface area contributed by atoms with E-state index in [-0.39, 0.29) is 12.1 Å². The SMILES string of the molecule is Cc1cc(NC(=O)N[C@H](C)c2cccs2)no1. The molecule has 6 heteroatoms. The summed E-state index contributed by atoms with van der Waals surface area (Å²) in [6.07, 6.45) is 0. The van der Waals surface area contributed by atoms with Gasteiger partial charge in [0, 0.05) is 10.9 Å². The number of anilines is 1. The molecule has 0 unspecified atom stereocenters. The van der Waals surface area contributed by atoms with Crippen LogP contribution in [-0.2, 0) is 0 Å². The number of nitrogens with zero attached hydrogens (tertiary/aromatic N) is 1. The third-order valence-corrected chi connectivity index (χ3v) is 3.24. The Morgan fingerprint density at radius 3 is 3.00 bits per heavy atom. The molecule has 2 amide bonds. The summed E-state index contributed by atoms with van der Waals surface area (Å²) in [5, 5.41) is 11.1. The molecule has 1 atom stereocenters. The first-order valence-electron chi connectivity index (χ1n) is 5.19. The lowest BCUT2D eigenvalue weighted by Gasteiger charge is -2.11. The average molecular weight is 251 g/mol. The van der Waals surface area contributed by atoms with Crippen LogP contribution >= 0.6 is 11.3 Å². The zero-order valence-electron chi connectivity index (χ0n) is 9.56. The van der Waals surface area contributed by atoms with Gasteiger partial charge in [-0.3, -0.25) is 5.32 Å². The van der Waals surface area contributed by atoms with E-state index in [0.717, 1.165) is 4.88 Å². The average Bonchev–Trinajstić information content (AvgIpc) is 2.89. The summed E-state index contributed by atoms with van der Waals surface area (Å²) in [6, 6.07) is 5.28. The van der Waals surface area contributed by atoms with Crippen molar-refractivity contribution in [3.63, 3.8) is 0 Å². The lowest BCUT2D eigenvalue weighted by atomic mass is 10.3. The second kappa shape index (κ2) is 5.01. The minimum absolute atomic E-state index is 0.0250. The molecule has 0 saturated heterocycles. The van der Waals surface area contributed by atoms with Gasteiger partial charge < -0.3 is 9.84 Å². The van der Waals surface area contributed by atoms with Gasteiger partial charge >= 0.3 is 6.03 Å². The van der Waals surface area contributed by atoms with Crippen molar-refractivity contribution in [2.75, 3.05) is 5.32 Å². The third-order valence-electron chi connectivity index (χ3n) is 2.19. The van der Waals surface area contributed by atoms with Crippen LogP contribution < -0.4 is 10.6 Å². The summed E-state index contributed by atoms with van der Waals surface area (Å²) in [7, 11) is 0. The molecular weight excluding hydrogens is 238 g/mol. The summed E-state index contributed by atoms with van der Waals surface area (Å²) in [6.45, 7) is 3.70. The molecule has 2 aromatic rings. The number of rotatable bonds is 3. The van der Waals surface area contributed by atoms with E-state index in [1.807, 2.05) is 24.4 Å². The van der Waals surface area contributed by atoms with Gasteiger partial charge in [0.25, 0.3) is 0 Å². The second-order valence-corrected chi connectivity index (χ2v) is 4.64. The molecule has 0 spiro atoms. The first-order valence-corrected chi connectivity index (χ1v) is 6.07. The fraction of sp³-hybridized carbons (Fsp3) is 0.273. The molecule has 0 aliphatic rings. The molecule has 90 valence electrons. The van der Waals surface area contributed by atoms with Crippen molar-refractivity contribution in [2.24, 2.45) is 0 Å². The number of hydrogen-bond donors (Lipinski definition) is 2. The molecule has 17 heavy (non-hydrogen) atoms. The van der Waals surface area contributed by atoms with E-state index in [9.17, 15) is 4.79 Å². The Hall–Kier alpha value is -1.82. The maximum absolute atomic E-state index is 11.6. The Balaban J connectivity index is 1.89. The Kier molecular flexibility index (Phi) is 3.43. The van der Waals surface area contributed by atoms with Crippen molar-refractivity contribution in [3.8, 4) is 0 Å². The minimum Gasteiger partial charge on any atom is -0.360 e. The van der Waals surface area contributed by atoms with E-state index in [4.69, 9.17) is 4.52 Å². The highest BCUT2D eigenvalue weighted by atomic mass is 32.1. The van der Waals surface area contributed by atoms with Crippen molar-refractivity contribution in [1.82, 2.24) is 10.5 Å². The van der Waals surface area contributed by atoms with Crippen molar-refractivity contribution >= 4 is 23.2 Å². The molecule has 0 aliphatic heterocycles. The lowest BCUT2D eigenvalue weighted by molar-refractivity contribution is 0.249. The van der Waals surface area contributed by atoms with E-state index < -0.39 is 0 Å². The van der Waals surface area contributed by atoms with Crippen molar-refractivity contribution in [2.45, 2.75) is 19.9 Å². The van der Waals surface area contributed by atoms with Gasteiger partial charge in [0.2, 0.25) is 0 Å². The molecule has 0 aromatic carbocycles. The quantitative estimate of drug-likeness (QED) is 0.881. The van der Waals surface area contributed by atoms with Crippen LogP contribution in [0.1, 0.15) is 23.6 Å². The molecule has 2 aromatic heterocycles.